The predicted molar refractivity (Wildman–Crippen MR) is 124 cm³/mol. The summed E-state index contributed by atoms with van der Waals surface area (Å²) in [5.74, 6) is 0.256. The Bertz CT molecular complexity index is 1280. The average Bonchev–Trinajstić information content (AvgIpc) is 2.88. The summed E-state index contributed by atoms with van der Waals surface area (Å²) in [6.07, 6.45) is -7.44. The van der Waals surface area contributed by atoms with Gasteiger partial charge in [0.05, 0.1) is 27.9 Å². The summed E-state index contributed by atoms with van der Waals surface area (Å²) in [5.41, 5.74) is -0.00401. The minimum atomic E-state index is -1.64. The third-order valence-corrected chi connectivity index (χ3v) is 5.85. The van der Waals surface area contributed by atoms with Crippen LogP contribution in [0.3, 0.4) is 0 Å². The zero-order valence-corrected chi connectivity index (χ0v) is 19.6. The van der Waals surface area contributed by atoms with Crippen molar-refractivity contribution in [1.82, 2.24) is 0 Å². The van der Waals surface area contributed by atoms with Crippen molar-refractivity contribution < 1.29 is 53.6 Å². The molecule has 36 heavy (non-hydrogen) atoms. The monoisotopic (exact) mass is 506 g/mol. The minimum Gasteiger partial charge on any atom is -0.502 e. The molecule has 12 nitrogen and oxygen atoms in total. The van der Waals surface area contributed by atoms with E-state index >= 15 is 0 Å². The molecule has 194 valence electrons. The summed E-state index contributed by atoms with van der Waals surface area (Å²) >= 11 is 0. The average molecular weight is 506 g/mol. The Morgan fingerprint density at radius 2 is 1.50 bits per heavy atom. The number of rotatable bonds is 7. The summed E-state index contributed by atoms with van der Waals surface area (Å²) in [5, 5.41) is 50.0. The number of phenols is 1. The van der Waals surface area contributed by atoms with E-state index in [1.165, 1.54) is 51.7 Å². The molecule has 5 N–H and O–H groups in total. The highest BCUT2D eigenvalue weighted by molar-refractivity contribution is 5.86. The van der Waals surface area contributed by atoms with Gasteiger partial charge in [0.25, 0.3) is 0 Å². The number of aromatic hydroxyl groups is 1. The van der Waals surface area contributed by atoms with Crippen molar-refractivity contribution in [2.45, 2.75) is 30.7 Å². The smallest absolute Gasteiger partial charge is 0.229 e. The number of ether oxygens (including phenoxy) is 5. The Hall–Kier alpha value is -3.55. The second-order valence-electron chi connectivity index (χ2n) is 8.02. The third-order valence-electron chi connectivity index (χ3n) is 5.85. The third kappa shape index (κ3) is 4.52. The van der Waals surface area contributed by atoms with E-state index in [4.69, 9.17) is 28.1 Å². The zero-order chi connectivity index (χ0) is 26.1. The van der Waals surface area contributed by atoms with Crippen LogP contribution in [0.25, 0.3) is 22.3 Å². The number of methoxy groups -OCH3 is 3. The van der Waals surface area contributed by atoms with Crippen molar-refractivity contribution in [3.63, 3.8) is 0 Å². The first-order valence-electron chi connectivity index (χ1n) is 10.8. The Morgan fingerprint density at radius 1 is 0.861 bits per heavy atom. The van der Waals surface area contributed by atoms with E-state index in [2.05, 4.69) is 0 Å². The van der Waals surface area contributed by atoms with Gasteiger partial charge in [-0.1, -0.05) is 0 Å². The first-order valence-corrected chi connectivity index (χ1v) is 10.8. The van der Waals surface area contributed by atoms with Gasteiger partial charge in [0.15, 0.2) is 16.9 Å². The number of benzene rings is 2. The first kappa shape index (κ1) is 25.5. The van der Waals surface area contributed by atoms with E-state index in [0.29, 0.717) is 5.56 Å². The molecule has 0 spiro atoms. The molecule has 0 amide bonds. The Kier molecular flexibility index (Phi) is 7.24. The first-order chi connectivity index (χ1) is 17.2. The summed E-state index contributed by atoms with van der Waals surface area (Å²) in [6.45, 7) is -0.621. The number of aliphatic hydroxyl groups is 4. The molecule has 1 aliphatic rings. The van der Waals surface area contributed by atoms with Gasteiger partial charge in [-0.25, -0.2) is 0 Å². The van der Waals surface area contributed by atoms with E-state index in [0.717, 1.165) is 0 Å². The lowest BCUT2D eigenvalue weighted by atomic mass is 9.99. The summed E-state index contributed by atoms with van der Waals surface area (Å²) in [4.78, 5) is 13.0. The molecule has 0 aliphatic carbocycles. The zero-order valence-electron chi connectivity index (χ0n) is 19.6. The van der Waals surface area contributed by atoms with Crippen LogP contribution in [0, 0.1) is 0 Å². The molecule has 3 aromatic rings. The molecule has 1 aromatic heterocycles. The fourth-order valence-electron chi connectivity index (χ4n) is 3.93. The lowest BCUT2D eigenvalue weighted by molar-refractivity contribution is -0.277. The minimum absolute atomic E-state index is 0.0462. The van der Waals surface area contributed by atoms with Crippen LogP contribution in [0.2, 0.25) is 0 Å². The molecule has 1 saturated heterocycles. The summed E-state index contributed by atoms with van der Waals surface area (Å²) < 4.78 is 32.7. The highest BCUT2D eigenvalue weighted by Gasteiger charge is 2.44. The molecule has 1 aliphatic heterocycles. The summed E-state index contributed by atoms with van der Waals surface area (Å²) in [7, 11) is 4.07. The van der Waals surface area contributed by atoms with E-state index < -0.39 is 42.7 Å². The van der Waals surface area contributed by atoms with Gasteiger partial charge in [0.2, 0.25) is 12.0 Å². The normalized spacial score (nSPS) is 23.9. The quantitative estimate of drug-likeness (QED) is 0.298. The molecule has 0 radical (unpaired) electrons. The van der Waals surface area contributed by atoms with Crippen molar-refractivity contribution in [2.75, 3.05) is 27.9 Å². The highest BCUT2D eigenvalue weighted by atomic mass is 16.7. The highest BCUT2D eigenvalue weighted by Crippen LogP contribution is 2.41. The molecule has 2 heterocycles. The van der Waals surface area contributed by atoms with Gasteiger partial charge in [0.1, 0.15) is 52.6 Å². The molecule has 2 aromatic carbocycles. The fourth-order valence-corrected chi connectivity index (χ4v) is 3.93. The van der Waals surface area contributed by atoms with Crippen LogP contribution in [0.5, 0.6) is 28.7 Å². The van der Waals surface area contributed by atoms with E-state index in [1.807, 2.05) is 0 Å². The molecule has 4 rings (SSSR count). The summed E-state index contributed by atoms with van der Waals surface area (Å²) in [6, 6.07) is 6.90. The van der Waals surface area contributed by atoms with Crippen molar-refractivity contribution >= 4 is 11.0 Å². The lowest BCUT2D eigenvalue weighted by Gasteiger charge is -2.39. The van der Waals surface area contributed by atoms with Gasteiger partial charge in [0, 0.05) is 23.8 Å². The van der Waals surface area contributed by atoms with Gasteiger partial charge < -0.3 is 53.6 Å². The van der Waals surface area contributed by atoms with Crippen molar-refractivity contribution in [3.05, 3.63) is 40.6 Å². The van der Waals surface area contributed by atoms with Crippen LogP contribution in [0.4, 0.5) is 0 Å². The standard InChI is InChI=1S/C24H26O12/c1-31-14-6-11(34-24-23(30)22(29)21(28)18(9-25)36-24)7-15-19(14)12(26)8-13(35-15)10-4-16(32-2)20(27)17(5-10)33-3/h4-8,18,21-25,27-30H,9H2,1-3H3/t18-,21-,22+,23-,24-/m1/s1. The molecule has 1 fully saturated rings. The maximum Gasteiger partial charge on any atom is 0.229 e. The van der Waals surface area contributed by atoms with E-state index in [9.17, 15) is 30.3 Å². The second kappa shape index (κ2) is 10.2. The molecule has 5 atom stereocenters. The largest absolute Gasteiger partial charge is 0.502 e. The Labute approximate surface area is 204 Å². The Balaban J connectivity index is 1.78. The van der Waals surface area contributed by atoms with Crippen LogP contribution in [0.1, 0.15) is 0 Å². The van der Waals surface area contributed by atoms with Crippen LogP contribution >= 0.6 is 0 Å². The van der Waals surface area contributed by atoms with Crippen LogP contribution in [-0.2, 0) is 4.74 Å². The van der Waals surface area contributed by atoms with Crippen LogP contribution < -0.4 is 24.4 Å². The predicted octanol–water partition coefficient (Wildman–Crippen LogP) is 0.370. The van der Waals surface area contributed by atoms with Crippen molar-refractivity contribution in [2.24, 2.45) is 0 Å². The molecule has 0 bridgehead atoms. The number of hydrogen-bond donors (Lipinski definition) is 5. The number of hydrogen-bond acceptors (Lipinski definition) is 12. The fraction of sp³-hybridized carbons (Fsp3) is 0.375. The lowest BCUT2D eigenvalue weighted by Crippen LogP contribution is -2.60. The van der Waals surface area contributed by atoms with Crippen LogP contribution in [0.15, 0.2) is 39.5 Å². The van der Waals surface area contributed by atoms with Crippen molar-refractivity contribution in [1.29, 1.82) is 0 Å². The Morgan fingerprint density at radius 3 is 2.08 bits per heavy atom. The van der Waals surface area contributed by atoms with Gasteiger partial charge in [-0.15, -0.1) is 0 Å². The topological polar surface area (TPSA) is 178 Å². The molecular formula is C24H26O12. The molecule has 12 heteroatoms. The van der Waals surface area contributed by atoms with Crippen molar-refractivity contribution in [3.8, 4) is 40.1 Å². The van der Waals surface area contributed by atoms with Gasteiger partial charge in [-0.05, 0) is 12.1 Å². The maximum absolute atomic E-state index is 13.0. The van der Waals surface area contributed by atoms with E-state index in [1.54, 1.807) is 0 Å². The van der Waals surface area contributed by atoms with Gasteiger partial charge in [-0.2, -0.15) is 0 Å². The maximum atomic E-state index is 13.0. The van der Waals surface area contributed by atoms with Crippen LogP contribution in [-0.4, -0.2) is 84.2 Å². The molecule has 0 unspecified atom stereocenters. The number of phenolic OH excluding ortho intramolecular Hbond substituents is 1. The second-order valence-corrected chi connectivity index (χ2v) is 8.02. The van der Waals surface area contributed by atoms with E-state index in [-0.39, 0.29) is 45.5 Å². The number of fused-ring (bicyclic) bond motifs is 1. The molecular weight excluding hydrogens is 480 g/mol. The van der Waals surface area contributed by atoms with Gasteiger partial charge in [-0.3, -0.25) is 4.79 Å². The number of aliphatic hydroxyl groups excluding tert-OH is 4. The van der Waals surface area contributed by atoms with Gasteiger partial charge >= 0.3 is 0 Å². The molecule has 0 saturated carbocycles. The SMILES string of the molecule is COc1cc(-c2cc(=O)c3c(OC)cc(O[C@@H]4O[C@H](CO)[C@@H](O)[C@H](O)[C@H]4O)cc3o2)cc(OC)c1O.